The van der Waals surface area contributed by atoms with Gasteiger partial charge in [0.15, 0.2) is 0 Å². The molecule has 0 saturated heterocycles. The highest BCUT2D eigenvalue weighted by Crippen LogP contribution is 2.68. The summed E-state index contributed by atoms with van der Waals surface area (Å²) in [5.74, 6) is 3.73. The van der Waals surface area contributed by atoms with E-state index in [4.69, 9.17) is 4.74 Å². The molecule has 0 aromatic rings. The first-order valence-electron chi connectivity index (χ1n) is 12.7. The first-order valence-corrected chi connectivity index (χ1v) is 12.7. The van der Waals surface area contributed by atoms with Crippen LogP contribution in [0.3, 0.4) is 0 Å². The van der Waals surface area contributed by atoms with Crippen molar-refractivity contribution in [3.8, 4) is 0 Å². The zero-order chi connectivity index (χ0) is 22.6. The van der Waals surface area contributed by atoms with Crippen LogP contribution in [-0.2, 0) is 19.1 Å². The molecular weight excluding hydrogens is 388 g/mol. The summed E-state index contributed by atoms with van der Waals surface area (Å²) in [4.78, 5) is 37.1. The lowest BCUT2D eigenvalue weighted by atomic mass is 9.43. The van der Waals surface area contributed by atoms with Gasteiger partial charge in [-0.15, -0.1) is 0 Å². The molecule has 174 valence electrons. The lowest BCUT2D eigenvalue weighted by Gasteiger charge is -2.60. The van der Waals surface area contributed by atoms with Gasteiger partial charge in [0.2, 0.25) is 0 Å². The molecular formula is C27H42O4. The van der Waals surface area contributed by atoms with Crippen molar-refractivity contribution in [1.82, 2.24) is 0 Å². The molecule has 4 rings (SSSR count). The summed E-state index contributed by atoms with van der Waals surface area (Å²) in [7, 11) is 1.47. The van der Waals surface area contributed by atoms with Crippen LogP contribution in [0.5, 0.6) is 0 Å². The molecule has 4 heteroatoms. The molecule has 0 radical (unpaired) electrons. The van der Waals surface area contributed by atoms with Crippen molar-refractivity contribution in [2.45, 2.75) is 91.9 Å². The number of ether oxygens (including phenoxy) is 1. The number of fused-ring (bicyclic) bond motifs is 5. The van der Waals surface area contributed by atoms with E-state index in [-0.39, 0.29) is 34.4 Å². The Labute approximate surface area is 188 Å². The Balaban J connectivity index is 1.52. The van der Waals surface area contributed by atoms with Gasteiger partial charge in [0, 0.05) is 24.7 Å². The van der Waals surface area contributed by atoms with E-state index in [2.05, 4.69) is 20.8 Å². The highest BCUT2D eigenvalue weighted by atomic mass is 16.5. The van der Waals surface area contributed by atoms with Crippen LogP contribution in [0.2, 0.25) is 0 Å². The average Bonchev–Trinajstić information content (AvgIpc) is 3.09. The smallest absolute Gasteiger partial charge is 0.305 e. The van der Waals surface area contributed by atoms with Crippen molar-refractivity contribution in [3.63, 3.8) is 0 Å². The van der Waals surface area contributed by atoms with E-state index < -0.39 is 0 Å². The molecule has 0 unspecified atom stereocenters. The van der Waals surface area contributed by atoms with Gasteiger partial charge in [-0.25, -0.2) is 0 Å². The molecule has 4 aliphatic rings. The van der Waals surface area contributed by atoms with E-state index in [1.165, 1.54) is 32.8 Å². The predicted molar refractivity (Wildman–Crippen MR) is 120 cm³/mol. The lowest BCUT2D eigenvalue weighted by Crippen LogP contribution is -2.57. The van der Waals surface area contributed by atoms with Crippen molar-refractivity contribution >= 4 is 17.5 Å². The second-order valence-corrected chi connectivity index (χ2v) is 12.0. The minimum atomic E-state index is -0.103. The number of hydrogen-bond acceptors (Lipinski definition) is 4. The maximum Gasteiger partial charge on any atom is 0.305 e. The highest BCUT2D eigenvalue weighted by molar-refractivity contribution is 5.85. The van der Waals surface area contributed by atoms with Crippen molar-refractivity contribution in [2.75, 3.05) is 7.11 Å². The molecule has 4 saturated carbocycles. The topological polar surface area (TPSA) is 60.4 Å². The molecule has 4 fully saturated rings. The zero-order valence-corrected chi connectivity index (χ0v) is 20.2. The van der Waals surface area contributed by atoms with Crippen molar-refractivity contribution in [1.29, 1.82) is 0 Å². The maximum atomic E-state index is 13.4. The Hall–Kier alpha value is -1.19. The molecule has 0 amide bonds. The SMILES string of the molecule is COC(=O)CC[C@@H](C)[C@H]1CC[C@H]2[C@@H]3CC(=O)[C@@H]4C[C@H](C(C)=O)CC[C@]4(C)[C@H]3CC[C@]12C. The Bertz CT molecular complexity index is 744. The fraction of sp³-hybridized carbons (Fsp3) is 0.889. The van der Waals surface area contributed by atoms with E-state index in [1.54, 1.807) is 6.92 Å². The van der Waals surface area contributed by atoms with E-state index in [0.717, 1.165) is 32.1 Å². The summed E-state index contributed by atoms with van der Waals surface area (Å²) < 4.78 is 4.86. The number of methoxy groups -OCH3 is 1. The zero-order valence-electron chi connectivity index (χ0n) is 20.2. The molecule has 4 aliphatic carbocycles. The van der Waals surface area contributed by atoms with Crippen LogP contribution in [0.1, 0.15) is 91.9 Å². The average molecular weight is 431 g/mol. The van der Waals surface area contributed by atoms with E-state index in [1.807, 2.05) is 0 Å². The summed E-state index contributed by atoms with van der Waals surface area (Å²) in [5.41, 5.74) is 0.374. The van der Waals surface area contributed by atoms with Crippen LogP contribution < -0.4 is 0 Å². The first kappa shape index (κ1) is 23.0. The van der Waals surface area contributed by atoms with E-state index in [9.17, 15) is 14.4 Å². The summed E-state index contributed by atoms with van der Waals surface area (Å²) in [6, 6.07) is 0. The second-order valence-electron chi connectivity index (χ2n) is 12.0. The Morgan fingerprint density at radius 1 is 1.06 bits per heavy atom. The molecule has 31 heavy (non-hydrogen) atoms. The number of esters is 1. The Morgan fingerprint density at radius 3 is 2.42 bits per heavy atom. The summed E-state index contributed by atoms with van der Waals surface area (Å²) in [6.45, 7) is 8.90. The number of Topliss-reactive ketones (excluding diaryl/α,β-unsaturated/α-hetero) is 2. The van der Waals surface area contributed by atoms with Crippen LogP contribution in [0.25, 0.3) is 0 Å². The lowest BCUT2D eigenvalue weighted by molar-refractivity contribution is -0.158. The van der Waals surface area contributed by atoms with Gasteiger partial charge in [-0.2, -0.15) is 0 Å². The molecule has 4 nitrogen and oxygen atoms in total. The van der Waals surface area contributed by atoms with Crippen LogP contribution in [0.15, 0.2) is 0 Å². The van der Waals surface area contributed by atoms with Gasteiger partial charge < -0.3 is 4.74 Å². The first-order chi connectivity index (χ1) is 14.6. The van der Waals surface area contributed by atoms with Crippen LogP contribution >= 0.6 is 0 Å². The third-order valence-corrected chi connectivity index (χ3v) is 10.8. The fourth-order valence-corrected chi connectivity index (χ4v) is 9.03. The van der Waals surface area contributed by atoms with Crippen molar-refractivity contribution in [3.05, 3.63) is 0 Å². The van der Waals surface area contributed by atoms with Gasteiger partial charge in [-0.05, 0) is 98.7 Å². The van der Waals surface area contributed by atoms with Gasteiger partial charge in [-0.3, -0.25) is 14.4 Å². The molecule has 0 aliphatic heterocycles. The van der Waals surface area contributed by atoms with E-state index >= 15 is 0 Å². The standard InChI is InChI=1S/C27H42O4/c1-16(6-9-25(30)31-5)20-7-8-21-19-15-24(29)23-14-18(17(2)28)10-12-27(23,4)22(19)11-13-26(20,21)3/h16,18-23H,6-15H2,1-5H3/t16-,18-,19+,20-,21+,22+,23+,26-,27-/m1/s1. The summed E-state index contributed by atoms with van der Waals surface area (Å²) in [6.07, 6.45) is 9.88. The molecule has 0 heterocycles. The quantitative estimate of drug-likeness (QED) is 0.531. The monoisotopic (exact) mass is 430 g/mol. The number of ketones is 2. The summed E-state index contributed by atoms with van der Waals surface area (Å²) >= 11 is 0. The van der Waals surface area contributed by atoms with Gasteiger partial charge in [0.05, 0.1) is 7.11 Å². The molecule has 0 aromatic carbocycles. The molecule has 0 bridgehead atoms. The van der Waals surface area contributed by atoms with E-state index in [0.29, 0.717) is 41.8 Å². The van der Waals surface area contributed by atoms with Gasteiger partial charge in [0.25, 0.3) is 0 Å². The predicted octanol–water partition coefficient (Wildman–Crippen LogP) is 5.62. The fourth-order valence-electron chi connectivity index (χ4n) is 9.03. The van der Waals surface area contributed by atoms with Crippen LogP contribution in [-0.4, -0.2) is 24.6 Å². The Kier molecular flexibility index (Phi) is 6.15. The van der Waals surface area contributed by atoms with Gasteiger partial charge in [0.1, 0.15) is 11.6 Å². The second kappa shape index (κ2) is 8.30. The number of carbonyl (C=O) groups is 3. The third kappa shape index (κ3) is 3.70. The maximum absolute atomic E-state index is 13.4. The minimum Gasteiger partial charge on any atom is -0.469 e. The molecule has 0 aromatic heterocycles. The largest absolute Gasteiger partial charge is 0.469 e. The molecule has 9 atom stereocenters. The van der Waals surface area contributed by atoms with Crippen LogP contribution in [0.4, 0.5) is 0 Å². The normalized spacial score (nSPS) is 45.3. The van der Waals surface area contributed by atoms with Crippen molar-refractivity contribution in [2.24, 2.45) is 52.3 Å². The van der Waals surface area contributed by atoms with Crippen LogP contribution in [0, 0.1) is 52.3 Å². The van der Waals surface area contributed by atoms with Gasteiger partial charge in [-0.1, -0.05) is 20.8 Å². The minimum absolute atomic E-state index is 0.0852. The number of carbonyl (C=O) groups excluding carboxylic acids is 3. The third-order valence-electron chi connectivity index (χ3n) is 10.8. The van der Waals surface area contributed by atoms with Crippen molar-refractivity contribution < 1.29 is 19.1 Å². The molecule has 0 N–H and O–H groups in total. The number of hydrogen-bond donors (Lipinski definition) is 0. The van der Waals surface area contributed by atoms with Gasteiger partial charge >= 0.3 is 5.97 Å². The number of rotatable bonds is 5. The highest BCUT2D eigenvalue weighted by Gasteiger charge is 2.62. The Morgan fingerprint density at radius 2 is 1.74 bits per heavy atom. The molecule has 0 spiro atoms. The summed E-state index contributed by atoms with van der Waals surface area (Å²) in [5, 5.41) is 0.